The van der Waals surface area contributed by atoms with Crippen LogP contribution >= 0.6 is 0 Å². The molecule has 0 amide bonds. The van der Waals surface area contributed by atoms with E-state index in [1.54, 1.807) is 18.8 Å². The van der Waals surface area contributed by atoms with Crippen molar-refractivity contribution in [3.05, 3.63) is 75.2 Å². The van der Waals surface area contributed by atoms with Crippen LogP contribution in [0.5, 0.6) is 11.5 Å². The SMILES string of the molecule is COc1ccc(CCN2CN(c3cccc(C)c3)c3nc(C)c(C)c(=O)n3C2)cc1OC. The molecular weight excluding hydrogens is 404 g/mol. The number of aromatic nitrogens is 2. The van der Waals surface area contributed by atoms with Crippen molar-refractivity contribution in [1.29, 1.82) is 0 Å². The van der Waals surface area contributed by atoms with Crippen LogP contribution in [-0.4, -0.2) is 41.9 Å². The van der Waals surface area contributed by atoms with E-state index in [0.29, 0.717) is 24.8 Å². The third-order valence-electron chi connectivity index (χ3n) is 6.02. The smallest absolute Gasteiger partial charge is 0.259 e. The minimum absolute atomic E-state index is 0.0148. The number of ether oxygens (including phenoxy) is 2. The third-order valence-corrected chi connectivity index (χ3v) is 6.02. The second-order valence-electron chi connectivity index (χ2n) is 8.24. The molecule has 4 rings (SSSR count). The molecule has 0 unspecified atom stereocenters. The van der Waals surface area contributed by atoms with Gasteiger partial charge in [0.05, 0.1) is 27.6 Å². The molecule has 1 aliphatic rings. The van der Waals surface area contributed by atoms with Gasteiger partial charge >= 0.3 is 0 Å². The lowest BCUT2D eigenvalue weighted by atomic mass is 10.1. The summed E-state index contributed by atoms with van der Waals surface area (Å²) in [6.07, 6.45) is 0.824. The van der Waals surface area contributed by atoms with Gasteiger partial charge in [-0.2, -0.15) is 0 Å². The summed E-state index contributed by atoms with van der Waals surface area (Å²) in [5.41, 5.74) is 4.84. The number of hydrogen-bond acceptors (Lipinski definition) is 6. The van der Waals surface area contributed by atoms with E-state index in [2.05, 4.69) is 41.0 Å². The molecule has 3 aromatic rings. The molecule has 0 saturated heterocycles. The Morgan fingerprint density at radius 1 is 0.969 bits per heavy atom. The molecule has 32 heavy (non-hydrogen) atoms. The third kappa shape index (κ3) is 4.21. The molecule has 0 atom stereocenters. The highest BCUT2D eigenvalue weighted by molar-refractivity contribution is 5.59. The van der Waals surface area contributed by atoms with Gasteiger partial charge in [-0.25, -0.2) is 4.98 Å². The molecule has 0 N–H and O–H groups in total. The summed E-state index contributed by atoms with van der Waals surface area (Å²) in [6, 6.07) is 14.3. The fourth-order valence-corrected chi connectivity index (χ4v) is 4.04. The zero-order valence-electron chi connectivity index (χ0n) is 19.4. The van der Waals surface area contributed by atoms with E-state index in [1.165, 1.54) is 5.56 Å². The maximum absolute atomic E-state index is 13.1. The van der Waals surface area contributed by atoms with Crippen molar-refractivity contribution in [1.82, 2.24) is 14.5 Å². The predicted molar refractivity (Wildman–Crippen MR) is 126 cm³/mol. The van der Waals surface area contributed by atoms with Gasteiger partial charge in [0, 0.05) is 23.5 Å². The number of nitrogens with zero attached hydrogens (tertiary/aromatic N) is 4. The Labute approximate surface area is 188 Å². The number of aryl methyl sites for hydroxylation is 2. The lowest BCUT2D eigenvalue weighted by Gasteiger charge is -2.38. The molecule has 0 saturated carbocycles. The van der Waals surface area contributed by atoms with Crippen molar-refractivity contribution >= 4 is 11.6 Å². The fraction of sp³-hybridized carbons (Fsp3) is 0.360. The zero-order valence-corrected chi connectivity index (χ0v) is 19.4. The molecule has 0 bridgehead atoms. The van der Waals surface area contributed by atoms with Crippen molar-refractivity contribution < 1.29 is 9.47 Å². The molecular formula is C25H30N4O3. The van der Waals surface area contributed by atoms with Crippen molar-refractivity contribution in [2.24, 2.45) is 0 Å². The molecule has 2 heterocycles. The zero-order chi connectivity index (χ0) is 22.8. The molecule has 0 spiro atoms. The summed E-state index contributed by atoms with van der Waals surface area (Å²) in [4.78, 5) is 22.3. The molecule has 0 fully saturated rings. The summed E-state index contributed by atoms with van der Waals surface area (Å²) >= 11 is 0. The van der Waals surface area contributed by atoms with Gasteiger partial charge in [0.25, 0.3) is 5.56 Å². The van der Waals surface area contributed by atoms with E-state index < -0.39 is 0 Å². The number of benzene rings is 2. The van der Waals surface area contributed by atoms with E-state index >= 15 is 0 Å². The van der Waals surface area contributed by atoms with Crippen molar-refractivity contribution in [2.75, 3.05) is 32.3 Å². The Morgan fingerprint density at radius 2 is 1.75 bits per heavy atom. The van der Waals surface area contributed by atoms with Crippen molar-refractivity contribution in [3.63, 3.8) is 0 Å². The van der Waals surface area contributed by atoms with Crippen LogP contribution in [0, 0.1) is 20.8 Å². The van der Waals surface area contributed by atoms with Gasteiger partial charge in [0.1, 0.15) is 0 Å². The van der Waals surface area contributed by atoms with Crippen LogP contribution in [0.25, 0.3) is 0 Å². The van der Waals surface area contributed by atoms with Crippen LogP contribution < -0.4 is 19.9 Å². The van der Waals surface area contributed by atoms with Crippen LogP contribution in [0.1, 0.15) is 22.4 Å². The second-order valence-corrected chi connectivity index (χ2v) is 8.24. The average molecular weight is 435 g/mol. The van der Waals surface area contributed by atoms with Crippen molar-refractivity contribution in [3.8, 4) is 11.5 Å². The lowest BCUT2D eigenvalue weighted by molar-refractivity contribution is 0.200. The number of fused-ring (bicyclic) bond motifs is 1. The molecule has 2 aromatic carbocycles. The first-order chi connectivity index (χ1) is 15.4. The van der Waals surface area contributed by atoms with E-state index in [4.69, 9.17) is 14.5 Å². The molecule has 168 valence electrons. The standard InChI is InChI=1S/C25H30N4O3/c1-17-7-6-8-21(13-17)28-15-27(16-29-24(30)18(2)19(3)26-25(28)29)12-11-20-9-10-22(31-4)23(14-20)32-5/h6-10,13-14H,11-12,15-16H2,1-5H3. The van der Waals surface area contributed by atoms with E-state index in [-0.39, 0.29) is 5.56 Å². The van der Waals surface area contributed by atoms with Crippen LogP contribution in [0.15, 0.2) is 47.3 Å². The molecule has 1 aromatic heterocycles. The maximum Gasteiger partial charge on any atom is 0.259 e. The van der Waals surface area contributed by atoms with E-state index in [9.17, 15) is 4.79 Å². The number of rotatable bonds is 6. The predicted octanol–water partition coefficient (Wildman–Crippen LogP) is 3.80. The number of anilines is 2. The number of methoxy groups -OCH3 is 2. The normalized spacial score (nSPS) is 13.7. The first-order valence-corrected chi connectivity index (χ1v) is 10.8. The highest BCUT2D eigenvalue weighted by Gasteiger charge is 2.27. The van der Waals surface area contributed by atoms with Gasteiger partial charge in [-0.15, -0.1) is 0 Å². The Balaban J connectivity index is 1.64. The average Bonchev–Trinajstić information content (AvgIpc) is 2.81. The first kappa shape index (κ1) is 21.9. The van der Waals surface area contributed by atoms with Crippen LogP contribution in [0.2, 0.25) is 0 Å². The number of hydrogen-bond donors (Lipinski definition) is 0. The monoisotopic (exact) mass is 434 g/mol. The minimum Gasteiger partial charge on any atom is -0.493 e. The summed E-state index contributed by atoms with van der Waals surface area (Å²) in [5.74, 6) is 2.14. The van der Waals surface area contributed by atoms with Gasteiger partial charge in [0.15, 0.2) is 11.5 Å². The van der Waals surface area contributed by atoms with Gasteiger partial charge in [-0.05, 0) is 62.6 Å². The van der Waals surface area contributed by atoms with Crippen LogP contribution in [0.4, 0.5) is 11.6 Å². The minimum atomic E-state index is 0.0148. The Kier molecular flexibility index (Phi) is 6.19. The lowest BCUT2D eigenvalue weighted by Crippen LogP contribution is -2.48. The topological polar surface area (TPSA) is 59.8 Å². The van der Waals surface area contributed by atoms with Crippen LogP contribution in [-0.2, 0) is 13.1 Å². The summed E-state index contributed by atoms with van der Waals surface area (Å²) in [5, 5.41) is 0. The first-order valence-electron chi connectivity index (χ1n) is 10.8. The van der Waals surface area contributed by atoms with Crippen molar-refractivity contribution in [2.45, 2.75) is 33.9 Å². The molecule has 7 nitrogen and oxygen atoms in total. The summed E-state index contributed by atoms with van der Waals surface area (Å²) in [6.45, 7) is 7.77. The molecule has 7 heteroatoms. The Bertz CT molecular complexity index is 1190. The van der Waals surface area contributed by atoms with Gasteiger partial charge in [0.2, 0.25) is 5.95 Å². The summed E-state index contributed by atoms with van der Waals surface area (Å²) < 4.78 is 12.6. The molecule has 0 aliphatic carbocycles. The highest BCUT2D eigenvalue weighted by atomic mass is 16.5. The Hall–Kier alpha value is -3.32. The van der Waals surface area contributed by atoms with E-state index in [0.717, 1.165) is 41.4 Å². The molecule has 0 radical (unpaired) electrons. The largest absolute Gasteiger partial charge is 0.493 e. The van der Waals surface area contributed by atoms with Gasteiger partial charge in [-0.1, -0.05) is 18.2 Å². The quantitative estimate of drug-likeness (QED) is 0.588. The summed E-state index contributed by atoms with van der Waals surface area (Å²) in [7, 11) is 3.28. The maximum atomic E-state index is 13.1. The fourth-order valence-electron chi connectivity index (χ4n) is 4.04. The van der Waals surface area contributed by atoms with Gasteiger partial charge in [-0.3, -0.25) is 19.2 Å². The van der Waals surface area contributed by atoms with Gasteiger partial charge < -0.3 is 9.47 Å². The second kappa shape index (κ2) is 9.04. The van der Waals surface area contributed by atoms with Crippen LogP contribution in [0.3, 0.4) is 0 Å². The van der Waals surface area contributed by atoms with E-state index in [1.807, 2.05) is 32.0 Å². The molecule has 1 aliphatic heterocycles. The Morgan fingerprint density at radius 3 is 2.47 bits per heavy atom. The highest BCUT2D eigenvalue weighted by Crippen LogP contribution is 2.30.